The molecule has 2 rings (SSSR count). The van der Waals surface area contributed by atoms with Gasteiger partial charge in [-0.2, -0.15) is 0 Å². The number of benzene rings is 2. The summed E-state index contributed by atoms with van der Waals surface area (Å²) in [7, 11) is 0. The van der Waals surface area contributed by atoms with Gasteiger partial charge in [-0.15, -0.1) is 0 Å². The molecule has 2 aromatic rings. The predicted octanol–water partition coefficient (Wildman–Crippen LogP) is 4.47. The van der Waals surface area contributed by atoms with Gasteiger partial charge in [0.2, 0.25) is 0 Å². The maximum Gasteiger partial charge on any atom is 0.0511 e. The Morgan fingerprint density at radius 1 is 1.15 bits per heavy atom. The summed E-state index contributed by atoms with van der Waals surface area (Å²) in [6.45, 7) is 4.10. The van der Waals surface area contributed by atoms with E-state index in [-0.39, 0.29) is 6.04 Å². The SMILES string of the molecule is Cc1ccc(CC(NN)c2ccc(C)cc2Br)c(Cl)c1. The molecule has 0 aliphatic heterocycles. The van der Waals surface area contributed by atoms with Crippen LogP contribution in [0.4, 0.5) is 0 Å². The van der Waals surface area contributed by atoms with Crippen LogP contribution in [0.5, 0.6) is 0 Å². The van der Waals surface area contributed by atoms with Crippen LogP contribution in [0.3, 0.4) is 0 Å². The van der Waals surface area contributed by atoms with Crippen LogP contribution in [0.1, 0.15) is 28.3 Å². The van der Waals surface area contributed by atoms with Gasteiger partial charge >= 0.3 is 0 Å². The molecule has 1 atom stereocenters. The molecule has 4 heteroatoms. The second kappa shape index (κ2) is 6.72. The Balaban J connectivity index is 2.28. The lowest BCUT2D eigenvalue weighted by Crippen LogP contribution is -2.30. The third kappa shape index (κ3) is 3.61. The van der Waals surface area contributed by atoms with E-state index in [2.05, 4.69) is 58.6 Å². The number of nitrogens with two attached hydrogens (primary N) is 1. The number of aryl methyl sites for hydroxylation is 2. The highest BCUT2D eigenvalue weighted by Crippen LogP contribution is 2.29. The van der Waals surface area contributed by atoms with Crippen LogP contribution in [0.15, 0.2) is 40.9 Å². The topological polar surface area (TPSA) is 38.0 Å². The molecule has 0 bridgehead atoms. The van der Waals surface area contributed by atoms with Gasteiger partial charge in [0.25, 0.3) is 0 Å². The van der Waals surface area contributed by atoms with Crippen molar-refractivity contribution in [2.75, 3.05) is 0 Å². The van der Waals surface area contributed by atoms with E-state index >= 15 is 0 Å². The van der Waals surface area contributed by atoms with Crippen molar-refractivity contribution < 1.29 is 0 Å². The van der Waals surface area contributed by atoms with E-state index in [9.17, 15) is 0 Å². The molecule has 20 heavy (non-hydrogen) atoms. The number of hydrogen-bond acceptors (Lipinski definition) is 2. The highest BCUT2D eigenvalue weighted by molar-refractivity contribution is 9.10. The Labute approximate surface area is 133 Å². The summed E-state index contributed by atoms with van der Waals surface area (Å²) in [6, 6.07) is 12.4. The summed E-state index contributed by atoms with van der Waals surface area (Å²) in [6.07, 6.45) is 0.747. The average Bonchev–Trinajstić information content (AvgIpc) is 2.39. The third-order valence-electron chi connectivity index (χ3n) is 3.37. The number of halogens is 2. The minimum Gasteiger partial charge on any atom is -0.271 e. The first kappa shape index (κ1) is 15.5. The number of hydrazine groups is 1. The van der Waals surface area contributed by atoms with Crippen molar-refractivity contribution in [1.82, 2.24) is 5.43 Å². The molecule has 0 saturated carbocycles. The normalized spacial score (nSPS) is 12.4. The lowest BCUT2D eigenvalue weighted by molar-refractivity contribution is 0.550. The first-order valence-electron chi connectivity index (χ1n) is 6.48. The molecule has 0 aromatic heterocycles. The minimum atomic E-state index is 0.0187. The zero-order valence-electron chi connectivity index (χ0n) is 11.6. The summed E-state index contributed by atoms with van der Waals surface area (Å²) in [5, 5.41) is 0.786. The minimum absolute atomic E-state index is 0.0187. The molecule has 106 valence electrons. The summed E-state index contributed by atoms with van der Waals surface area (Å²) in [5.41, 5.74) is 7.48. The predicted molar refractivity (Wildman–Crippen MR) is 88.8 cm³/mol. The fourth-order valence-corrected chi connectivity index (χ4v) is 3.29. The van der Waals surface area contributed by atoms with Crippen LogP contribution in [0.2, 0.25) is 5.02 Å². The van der Waals surface area contributed by atoms with Crippen molar-refractivity contribution in [3.05, 3.63) is 68.1 Å². The van der Waals surface area contributed by atoms with E-state index in [0.29, 0.717) is 0 Å². The van der Waals surface area contributed by atoms with E-state index in [0.717, 1.165) is 32.6 Å². The molecule has 0 heterocycles. The molecule has 0 aliphatic rings. The van der Waals surface area contributed by atoms with Gasteiger partial charge < -0.3 is 0 Å². The number of nitrogens with one attached hydrogen (secondary N) is 1. The van der Waals surface area contributed by atoms with Gasteiger partial charge in [0, 0.05) is 9.50 Å². The Kier molecular flexibility index (Phi) is 5.22. The van der Waals surface area contributed by atoms with Gasteiger partial charge in [0.1, 0.15) is 0 Å². The van der Waals surface area contributed by atoms with Crippen molar-refractivity contribution in [2.45, 2.75) is 26.3 Å². The van der Waals surface area contributed by atoms with Crippen molar-refractivity contribution >= 4 is 27.5 Å². The Bertz CT molecular complexity index is 613. The Hall–Kier alpha value is -0.870. The van der Waals surface area contributed by atoms with Crippen molar-refractivity contribution in [1.29, 1.82) is 0 Å². The van der Waals surface area contributed by atoms with E-state index in [1.807, 2.05) is 13.0 Å². The van der Waals surface area contributed by atoms with Crippen molar-refractivity contribution in [3.8, 4) is 0 Å². The quantitative estimate of drug-likeness (QED) is 0.629. The zero-order valence-corrected chi connectivity index (χ0v) is 13.9. The van der Waals surface area contributed by atoms with Gasteiger partial charge in [-0.05, 0) is 54.7 Å². The zero-order chi connectivity index (χ0) is 14.7. The van der Waals surface area contributed by atoms with Crippen LogP contribution in [-0.4, -0.2) is 0 Å². The maximum absolute atomic E-state index is 6.30. The lowest BCUT2D eigenvalue weighted by atomic mass is 9.98. The summed E-state index contributed by atoms with van der Waals surface area (Å²) >= 11 is 9.91. The Morgan fingerprint density at radius 2 is 1.80 bits per heavy atom. The lowest BCUT2D eigenvalue weighted by Gasteiger charge is -2.19. The maximum atomic E-state index is 6.30. The molecule has 2 aromatic carbocycles. The fourth-order valence-electron chi connectivity index (χ4n) is 2.21. The molecule has 0 spiro atoms. The highest BCUT2D eigenvalue weighted by atomic mass is 79.9. The molecular weight excluding hydrogens is 336 g/mol. The van der Waals surface area contributed by atoms with Crippen LogP contribution in [-0.2, 0) is 6.42 Å². The molecular formula is C16H18BrClN2. The molecule has 3 N–H and O–H groups in total. The number of hydrogen-bond donors (Lipinski definition) is 2. The van der Waals surface area contributed by atoms with Gasteiger partial charge in [0.15, 0.2) is 0 Å². The molecule has 0 radical (unpaired) electrons. The monoisotopic (exact) mass is 352 g/mol. The fraction of sp³-hybridized carbons (Fsp3) is 0.250. The summed E-state index contributed by atoms with van der Waals surface area (Å²) < 4.78 is 1.06. The molecule has 1 unspecified atom stereocenters. The summed E-state index contributed by atoms with van der Waals surface area (Å²) in [4.78, 5) is 0. The molecule has 0 saturated heterocycles. The molecule has 2 nitrogen and oxygen atoms in total. The summed E-state index contributed by atoms with van der Waals surface area (Å²) in [5.74, 6) is 5.73. The largest absolute Gasteiger partial charge is 0.271 e. The van der Waals surface area contributed by atoms with Gasteiger partial charge in [-0.3, -0.25) is 11.3 Å². The second-order valence-electron chi connectivity index (χ2n) is 5.04. The Morgan fingerprint density at radius 3 is 2.40 bits per heavy atom. The smallest absolute Gasteiger partial charge is 0.0511 e. The first-order valence-corrected chi connectivity index (χ1v) is 7.65. The molecule has 0 amide bonds. The van der Waals surface area contributed by atoms with Gasteiger partial charge in [-0.1, -0.05) is 51.8 Å². The molecule has 0 fully saturated rings. The van der Waals surface area contributed by atoms with Crippen LogP contribution < -0.4 is 11.3 Å². The van der Waals surface area contributed by atoms with Crippen LogP contribution in [0.25, 0.3) is 0 Å². The standard InChI is InChI=1S/C16H18BrClN2/c1-10-4-6-13(14(17)7-10)16(20-19)9-12-5-3-11(2)8-15(12)18/h3-8,16,20H,9,19H2,1-2H3. The highest BCUT2D eigenvalue weighted by Gasteiger charge is 2.15. The van der Waals surface area contributed by atoms with Crippen LogP contribution >= 0.6 is 27.5 Å². The second-order valence-corrected chi connectivity index (χ2v) is 6.30. The van der Waals surface area contributed by atoms with Crippen molar-refractivity contribution in [2.24, 2.45) is 5.84 Å². The van der Waals surface area contributed by atoms with Crippen LogP contribution in [0, 0.1) is 13.8 Å². The van der Waals surface area contributed by atoms with Crippen molar-refractivity contribution in [3.63, 3.8) is 0 Å². The van der Waals surface area contributed by atoms with Gasteiger partial charge in [-0.25, -0.2) is 0 Å². The number of rotatable bonds is 4. The molecule has 0 aliphatic carbocycles. The third-order valence-corrected chi connectivity index (χ3v) is 4.40. The van der Waals surface area contributed by atoms with E-state index in [1.54, 1.807) is 0 Å². The van der Waals surface area contributed by atoms with Gasteiger partial charge in [0.05, 0.1) is 6.04 Å². The first-order chi connectivity index (χ1) is 9.51. The average molecular weight is 354 g/mol. The van der Waals surface area contributed by atoms with E-state index < -0.39 is 0 Å². The van der Waals surface area contributed by atoms with E-state index in [1.165, 1.54) is 5.56 Å². The van der Waals surface area contributed by atoms with E-state index in [4.69, 9.17) is 17.4 Å².